The fraction of sp³-hybridized carbons (Fsp3) is 0.636. The van der Waals surface area contributed by atoms with Gasteiger partial charge in [-0.25, -0.2) is 4.79 Å². The van der Waals surface area contributed by atoms with Gasteiger partial charge in [0.1, 0.15) is 0 Å². The first kappa shape index (κ1) is 15.6. The van der Waals surface area contributed by atoms with Crippen molar-refractivity contribution in [3.05, 3.63) is 12.2 Å². The van der Waals surface area contributed by atoms with Crippen molar-refractivity contribution in [2.45, 2.75) is 20.3 Å². The number of carbonyl (C=O) groups excluding carboxylic acids is 2. The third-order valence-corrected chi connectivity index (χ3v) is 1.63. The van der Waals surface area contributed by atoms with Crippen molar-refractivity contribution in [1.29, 1.82) is 0 Å². The van der Waals surface area contributed by atoms with Crippen LogP contribution in [0.15, 0.2) is 12.2 Å². The lowest BCUT2D eigenvalue weighted by Gasteiger charge is -2.07. The van der Waals surface area contributed by atoms with Gasteiger partial charge in [0.2, 0.25) is 0 Å². The molecule has 0 bridgehead atoms. The molecular formula is C11H18O6. The Kier molecular flexibility index (Phi) is 8.99. The Morgan fingerprint density at radius 3 is 2.06 bits per heavy atom. The van der Waals surface area contributed by atoms with Gasteiger partial charge >= 0.3 is 11.9 Å². The summed E-state index contributed by atoms with van der Waals surface area (Å²) in [7, 11) is 0. The number of hydrogen-bond acceptors (Lipinski definition) is 6. The molecule has 0 aliphatic rings. The van der Waals surface area contributed by atoms with Crippen molar-refractivity contribution in [2.24, 2.45) is 0 Å². The number of hydrogen-bond donors (Lipinski definition) is 0. The maximum atomic E-state index is 11.2. The zero-order valence-electron chi connectivity index (χ0n) is 10.2. The summed E-state index contributed by atoms with van der Waals surface area (Å²) >= 11 is 0. The number of rotatable bonds is 9. The Balaban J connectivity index is 3.75. The van der Waals surface area contributed by atoms with Gasteiger partial charge < -0.3 is 18.9 Å². The maximum Gasteiger partial charge on any atom is 0.336 e. The van der Waals surface area contributed by atoms with Crippen molar-refractivity contribution >= 4 is 11.9 Å². The molecule has 0 fully saturated rings. The maximum absolute atomic E-state index is 11.2. The Morgan fingerprint density at radius 1 is 1.00 bits per heavy atom. The average Bonchev–Trinajstić information content (AvgIpc) is 2.29. The summed E-state index contributed by atoms with van der Waals surface area (Å²) in [5.41, 5.74) is 0.0196. The van der Waals surface area contributed by atoms with Crippen LogP contribution < -0.4 is 0 Å². The quantitative estimate of drug-likeness (QED) is 0.262. The molecule has 0 saturated carbocycles. The highest BCUT2D eigenvalue weighted by Gasteiger charge is 2.14. The lowest BCUT2D eigenvalue weighted by molar-refractivity contribution is -0.158. The van der Waals surface area contributed by atoms with Gasteiger partial charge in [-0.2, -0.15) is 0 Å². The summed E-state index contributed by atoms with van der Waals surface area (Å²) in [6, 6.07) is 0. The van der Waals surface area contributed by atoms with E-state index in [0.29, 0.717) is 13.2 Å². The molecule has 0 aromatic carbocycles. The normalized spacial score (nSPS) is 9.76. The van der Waals surface area contributed by atoms with Gasteiger partial charge in [-0.3, -0.25) is 4.79 Å². The van der Waals surface area contributed by atoms with E-state index >= 15 is 0 Å². The number of ether oxygens (including phenoxy) is 4. The van der Waals surface area contributed by atoms with E-state index in [1.807, 2.05) is 0 Å². The lowest BCUT2D eigenvalue weighted by atomic mass is 10.2. The van der Waals surface area contributed by atoms with E-state index in [9.17, 15) is 9.59 Å². The lowest BCUT2D eigenvalue weighted by Crippen LogP contribution is -2.15. The minimum atomic E-state index is -0.674. The standard InChI is InChI=1S/C11H18O6/c1-4-14-7-16-10(12)6-9(3)11(13)17-8-15-5-2/h3-8H2,1-2H3. The van der Waals surface area contributed by atoms with Crippen molar-refractivity contribution in [3.63, 3.8) is 0 Å². The van der Waals surface area contributed by atoms with E-state index in [-0.39, 0.29) is 25.6 Å². The number of carbonyl (C=O) groups is 2. The smallest absolute Gasteiger partial charge is 0.336 e. The SMILES string of the molecule is C=C(CC(=O)OCOCC)C(=O)OCOCC. The van der Waals surface area contributed by atoms with Gasteiger partial charge in [0, 0.05) is 18.8 Å². The van der Waals surface area contributed by atoms with Gasteiger partial charge in [-0.15, -0.1) is 0 Å². The van der Waals surface area contributed by atoms with Crippen LogP contribution in [0.25, 0.3) is 0 Å². The molecule has 0 aliphatic carbocycles. The molecule has 0 N–H and O–H groups in total. The molecule has 0 spiro atoms. The van der Waals surface area contributed by atoms with Crippen molar-refractivity contribution in [2.75, 3.05) is 26.8 Å². The summed E-state index contributed by atoms with van der Waals surface area (Å²) in [5, 5.41) is 0. The second kappa shape index (κ2) is 9.80. The van der Waals surface area contributed by atoms with Gasteiger partial charge in [-0.1, -0.05) is 6.58 Å². The van der Waals surface area contributed by atoms with Crippen LogP contribution in [0.4, 0.5) is 0 Å². The van der Waals surface area contributed by atoms with Gasteiger partial charge in [-0.05, 0) is 13.8 Å². The summed E-state index contributed by atoms with van der Waals surface area (Å²) in [4.78, 5) is 22.4. The van der Waals surface area contributed by atoms with Gasteiger partial charge in [0.15, 0.2) is 13.6 Å². The molecule has 0 aromatic heterocycles. The summed E-state index contributed by atoms with van der Waals surface area (Å²) in [6.45, 7) is 7.59. The molecule has 98 valence electrons. The molecule has 0 aromatic rings. The number of esters is 2. The summed E-state index contributed by atoms with van der Waals surface area (Å²) in [5.74, 6) is -1.26. The van der Waals surface area contributed by atoms with E-state index in [2.05, 4.69) is 16.1 Å². The Bertz CT molecular complexity index is 261. The molecule has 0 radical (unpaired) electrons. The molecule has 0 atom stereocenters. The van der Waals surface area contributed by atoms with E-state index in [4.69, 9.17) is 9.47 Å². The zero-order chi connectivity index (χ0) is 13.1. The molecule has 6 heteroatoms. The predicted octanol–water partition coefficient (Wildman–Crippen LogP) is 1.01. The molecule has 0 aliphatic heterocycles. The van der Waals surface area contributed by atoms with Gasteiger partial charge in [0.05, 0.1) is 6.42 Å². The molecular weight excluding hydrogens is 228 g/mol. The fourth-order valence-corrected chi connectivity index (χ4v) is 0.769. The molecule has 17 heavy (non-hydrogen) atoms. The van der Waals surface area contributed by atoms with E-state index in [1.54, 1.807) is 13.8 Å². The highest BCUT2D eigenvalue weighted by atomic mass is 16.7. The zero-order valence-corrected chi connectivity index (χ0v) is 10.2. The Hall–Kier alpha value is -1.40. The molecule has 0 rings (SSSR count). The van der Waals surface area contributed by atoms with Crippen LogP contribution in [0, 0.1) is 0 Å². The van der Waals surface area contributed by atoms with Crippen molar-refractivity contribution < 1.29 is 28.5 Å². The minimum absolute atomic E-state index is 0.0196. The highest BCUT2D eigenvalue weighted by Crippen LogP contribution is 2.03. The summed E-state index contributed by atoms with van der Waals surface area (Å²) < 4.78 is 19.0. The third-order valence-electron chi connectivity index (χ3n) is 1.63. The van der Waals surface area contributed by atoms with Crippen LogP contribution in [0.5, 0.6) is 0 Å². The first-order valence-electron chi connectivity index (χ1n) is 5.27. The largest absolute Gasteiger partial charge is 0.438 e. The second-order valence-electron chi connectivity index (χ2n) is 2.95. The van der Waals surface area contributed by atoms with Crippen LogP contribution in [0.1, 0.15) is 20.3 Å². The fourth-order valence-electron chi connectivity index (χ4n) is 0.769. The highest BCUT2D eigenvalue weighted by molar-refractivity contribution is 5.93. The first-order valence-corrected chi connectivity index (χ1v) is 5.27. The van der Waals surface area contributed by atoms with E-state index in [1.165, 1.54) is 0 Å². The molecule has 6 nitrogen and oxygen atoms in total. The Morgan fingerprint density at radius 2 is 1.53 bits per heavy atom. The van der Waals surface area contributed by atoms with Gasteiger partial charge in [0.25, 0.3) is 0 Å². The van der Waals surface area contributed by atoms with E-state index < -0.39 is 11.9 Å². The average molecular weight is 246 g/mol. The van der Waals surface area contributed by atoms with Crippen LogP contribution in [-0.2, 0) is 28.5 Å². The van der Waals surface area contributed by atoms with Crippen LogP contribution in [0.2, 0.25) is 0 Å². The van der Waals surface area contributed by atoms with Crippen LogP contribution >= 0.6 is 0 Å². The first-order chi connectivity index (χ1) is 8.11. The van der Waals surface area contributed by atoms with Crippen molar-refractivity contribution in [1.82, 2.24) is 0 Å². The Labute approximate surface area is 100 Å². The molecule has 0 heterocycles. The van der Waals surface area contributed by atoms with Crippen LogP contribution in [-0.4, -0.2) is 38.7 Å². The van der Waals surface area contributed by atoms with E-state index in [0.717, 1.165) is 0 Å². The third kappa shape index (κ3) is 8.41. The monoisotopic (exact) mass is 246 g/mol. The second-order valence-corrected chi connectivity index (χ2v) is 2.95. The topological polar surface area (TPSA) is 71.1 Å². The predicted molar refractivity (Wildman–Crippen MR) is 58.9 cm³/mol. The van der Waals surface area contributed by atoms with Crippen LogP contribution in [0.3, 0.4) is 0 Å². The van der Waals surface area contributed by atoms with Crippen molar-refractivity contribution in [3.8, 4) is 0 Å². The summed E-state index contributed by atoms with van der Waals surface area (Å²) in [6.07, 6.45) is -0.224. The molecule has 0 amide bonds. The molecule has 0 saturated heterocycles. The molecule has 0 unspecified atom stereocenters. The minimum Gasteiger partial charge on any atom is -0.438 e.